The molecule has 80 heavy (non-hydrogen) atoms. The molecule has 0 aliphatic heterocycles. The second-order valence-corrected chi connectivity index (χ2v) is 18.1. The fourth-order valence-corrected chi connectivity index (χ4v) is 6.19. The number of nitrogens with one attached hydrogen (secondary N) is 2. The molecule has 478 valence electrons. The minimum Gasteiger partial charge on any atom is -0.394 e. The summed E-state index contributed by atoms with van der Waals surface area (Å²) in [7, 11) is 1.43. The molecule has 0 aromatic rings. The standard InChI is InChI=1S/C47H95N3O30/c1-50(2-46(67)48-32(20-69-42(24-73-34(4-51)5-52)25-74-35(6-53)7-54)21-70-43(26-75-36(8-55)9-56)27-76-37(10-57)11-58)3-47(68)49-33(22-71-44(28-77-38(12-59)13-60)29-78-39(14-61)15-62)23-72-45(30-79-40(16-63)17-64)31-80-41(18-65)19-66/h32-45,51-66H,2-31H2,1H3,(H,48,67)(H,49,68). The quantitative estimate of drug-likeness (QED) is 0.0269. The molecule has 0 radical (unpaired) electrons. The molecule has 33 heteroatoms. The van der Waals surface area contributed by atoms with E-state index in [0.717, 1.165) is 0 Å². The topological polar surface area (TPSA) is 496 Å². The summed E-state index contributed by atoms with van der Waals surface area (Å²) in [6.45, 7) is -13.6. The highest BCUT2D eigenvalue weighted by Crippen LogP contribution is 2.10. The third kappa shape index (κ3) is 37.9. The Hall–Kier alpha value is -2.22. The maximum Gasteiger partial charge on any atom is 0.234 e. The highest BCUT2D eigenvalue weighted by molar-refractivity contribution is 5.81. The lowest BCUT2D eigenvalue weighted by atomic mass is 10.2. The first-order chi connectivity index (χ1) is 38.6. The molecule has 0 saturated heterocycles. The number of likely N-dealkylation sites (N-methyl/N-ethyl adjacent to an activating group) is 1. The lowest BCUT2D eigenvalue weighted by molar-refractivity contribution is -0.137. The van der Waals surface area contributed by atoms with E-state index in [4.69, 9.17) is 56.8 Å². The van der Waals surface area contributed by atoms with Crippen LogP contribution in [0.2, 0.25) is 0 Å². The minimum atomic E-state index is -1.06. The Bertz CT molecular complexity index is 1150. The van der Waals surface area contributed by atoms with Crippen molar-refractivity contribution in [3.63, 3.8) is 0 Å². The molecular formula is C47H95N3O30. The molecule has 0 fully saturated rings. The summed E-state index contributed by atoms with van der Waals surface area (Å²) in [5.41, 5.74) is 0. The number of aliphatic hydroxyl groups excluding tert-OH is 16. The van der Waals surface area contributed by atoms with Crippen molar-refractivity contribution in [2.45, 2.75) is 85.3 Å². The van der Waals surface area contributed by atoms with Gasteiger partial charge in [0, 0.05) is 0 Å². The number of hydrogen-bond acceptors (Lipinski definition) is 31. The van der Waals surface area contributed by atoms with E-state index in [2.05, 4.69) is 10.6 Å². The van der Waals surface area contributed by atoms with Gasteiger partial charge in [0.05, 0.1) is 210 Å². The number of rotatable bonds is 58. The van der Waals surface area contributed by atoms with Crippen molar-refractivity contribution in [1.29, 1.82) is 0 Å². The number of hydrogen-bond donors (Lipinski definition) is 18. The molecule has 0 saturated carbocycles. The summed E-state index contributed by atoms with van der Waals surface area (Å²) >= 11 is 0. The second kappa shape index (κ2) is 51.2. The summed E-state index contributed by atoms with van der Waals surface area (Å²) in [5, 5.41) is 159. The Balaban J connectivity index is 6.72. The van der Waals surface area contributed by atoms with Gasteiger partial charge in [0.15, 0.2) is 0 Å². The molecule has 0 aromatic carbocycles. The van der Waals surface area contributed by atoms with Crippen LogP contribution < -0.4 is 10.6 Å². The van der Waals surface area contributed by atoms with Crippen molar-refractivity contribution < 1.29 is 148 Å². The lowest BCUT2D eigenvalue weighted by Gasteiger charge is -2.28. The summed E-state index contributed by atoms with van der Waals surface area (Å²) in [5.74, 6) is -1.38. The Morgan fingerprint density at radius 3 is 0.537 bits per heavy atom. The summed E-state index contributed by atoms with van der Waals surface area (Å²) in [6.07, 6.45) is -12.2. The summed E-state index contributed by atoms with van der Waals surface area (Å²) < 4.78 is 68.4. The van der Waals surface area contributed by atoms with E-state index in [0.29, 0.717) is 0 Å². The van der Waals surface area contributed by atoms with Crippen LogP contribution in [0, 0.1) is 0 Å². The van der Waals surface area contributed by atoms with Gasteiger partial charge in [-0.3, -0.25) is 14.5 Å². The molecule has 0 atom stereocenters. The lowest BCUT2D eigenvalue weighted by Crippen LogP contribution is -2.50. The van der Waals surface area contributed by atoms with E-state index in [1.54, 1.807) is 0 Å². The third-order valence-electron chi connectivity index (χ3n) is 11.1. The zero-order chi connectivity index (χ0) is 59.9. The van der Waals surface area contributed by atoms with Crippen LogP contribution in [0.4, 0.5) is 0 Å². The molecule has 2 amide bonds. The van der Waals surface area contributed by atoms with Gasteiger partial charge in [-0.05, 0) is 7.05 Å². The first-order valence-corrected chi connectivity index (χ1v) is 26.1. The third-order valence-corrected chi connectivity index (χ3v) is 11.1. The largest absolute Gasteiger partial charge is 0.394 e. The first kappa shape index (κ1) is 77.8. The van der Waals surface area contributed by atoms with Crippen molar-refractivity contribution in [2.75, 3.05) is 205 Å². The molecule has 0 aliphatic carbocycles. The minimum absolute atomic E-state index is 0.294. The van der Waals surface area contributed by atoms with E-state index < -0.39 is 216 Å². The van der Waals surface area contributed by atoms with Crippen LogP contribution >= 0.6 is 0 Å². The van der Waals surface area contributed by atoms with Gasteiger partial charge in [-0.1, -0.05) is 0 Å². The maximum atomic E-state index is 13.8. The maximum absolute atomic E-state index is 13.8. The van der Waals surface area contributed by atoms with Crippen LogP contribution in [0.15, 0.2) is 0 Å². The molecule has 0 heterocycles. The highest BCUT2D eigenvalue weighted by atomic mass is 16.6. The van der Waals surface area contributed by atoms with Crippen LogP contribution in [0.5, 0.6) is 0 Å². The zero-order valence-electron chi connectivity index (χ0n) is 45.6. The molecule has 18 N–H and O–H groups in total. The number of carbonyl (C=O) groups excluding carboxylic acids is 2. The van der Waals surface area contributed by atoms with Gasteiger partial charge in [-0.25, -0.2) is 0 Å². The van der Waals surface area contributed by atoms with Gasteiger partial charge in [0.1, 0.15) is 73.2 Å². The van der Waals surface area contributed by atoms with Crippen LogP contribution in [-0.4, -0.2) is 389 Å². The van der Waals surface area contributed by atoms with E-state index in [9.17, 15) is 91.3 Å². The predicted octanol–water partition coefficient (Wildman–Crippen LogP) is -11.6. The van der Waals surface area contributed by atoms with Crippen LogP contribution in [0.1, 0.15) is 0 Å². The smallest absolute Gasteiger partial charge is 0.234 e. The van der Waals surface area contributed by atoms with E-state index in [-0.39, 0.29) is 79.3 Å². The number of nitrogens with zero attached hydrogens (tertiary/aromatic N) is 1. The highest BCUT2D eigenvalue weighted by Gasteiger charge is 2.27. The van der Waals surface area contributed by atoms with Crippen molar-refractivity contribution in [2.24, 2.45) is 0 Å². The van der Waals surface area contributed by atoms with Crippen LogP contribution in [-0.2, 0) is 66.4 Å². The monoisotopic (exact) mass is 1180 g/mol. The zero-order valence-corrected chi connectivity index (χ0v) is 45.6. The summed E-state index contributed by atoms with van der Waals surface area (Å²) in [4.78, 5) is 28.8. The van der Waals surface area contributed by atoms with Gasteiger partial charge >= 0.3 is 0 Å². The molecule has 0 bridgehead atoms. The number of amides is 2. The molecule has 0 rings (SSSR count). The Labute approximate surface area is 465 Å². The Morgan fingerprint density at radius 2 is 0.400 bits per heavy atom. The number of ether oxygens (including phenoxy) is 12. The average molecular weight is 1180 g/mol. The fraction of sp³-hybridized carbons (Fsp3) is 0.957. The molecule has 0 aliphatic rings. The molecule has 0 aromatic heterocycles. The number of carbonyl (C=O) groups is 2. The first-order valence-electron chi connectivity index (χ1n) is 26.1. The number of aliphatic hydroxyl groups is 16. The normalized spacial score (nSPS) is 12.7. The van der Waals surface area contributed by atoms with Crippen molar-refractivity contribution in [3.8, 4) is 0 Å². The van der Waals surface area contributed by atoms with Crippen LogP contribution in [0.3, 0.4) is 0 Å². The second-order valence-electron chi connectivity index (χ2n) is 18.1. The fourth-order valence-electron chi connectivity index (χ4n) is 6.19. The van der Waals surface area contributed by atoms with Gasteiger partial charge in [0.25, 0.3) is 0 Å². The van der Waals surface area contributed by atoms with Crippen LogP contribution in [0.25, 0.3) is 0 Å². The van der Waals surface area contributed by atoms with E-state index in [1.807, 2.05) is 0 Å². The average Bonchev–Trinajstić information content (AvgIpc) is 3.46. The predicted molar refractivity (Wildman–Crippen MR) is 272 cm³/mol. The van der Waals surface area contributed by atoms with Gasteiger partial charge in [-0.15, -0.1) is 0 Å². The molecule has 33 nitrogen and oxygen atoms in total. The SMILES string of the molecule is CN(CC(=O)NC(COC(COC(CO)CO)COC(CO)CO)COC(COC(CO)CO)COC(CO)CO)CC(=O)NC(COC(COC(CO)CO)COC(CO)CO)COC(COC(CO)CO)COC(CO)CO. The Kier molecular flexibility index (Phi) is 49.8. The van der Waals surface area contributed by atoms with Crippen molar-refractivity contribution in [1.82, 2.24) is 15.5 Å². The van der Waals surface area contributed by atoms with Gasteiger partial charge in [-0.2, -0.15) is 0 Å². The van der Waals surface area contributed by atoms with Gasteiger partial charge < -0.3 is 149 Å². The van der Waals surface area contributed by atoms with Crippen molar-refractivity contribution in [3.05, 3.63) is 0 Å². The van der Waals surface area contributed by atoms with E-state index in [1.165, 1.54) is 11.9 Å². The van der Waals surface area contributed by atoms with E-state index >= 15 is 0 Å². The van der Waals surface area contributed by atoms with Crippen molar-refractivity contribution >= 4 is 11.8 Å². The molecular weight excluding hydrogens is 1090 g/mol. The summed E-state index contributed by atoms with van der Waals surface area (Å²) in [6, 6.07) is -2.12. The molecule has 0 spiro atoms. The molecule has 0 unspecified atom stereocenters. The Morgan fingerprint density at radius 1 is 0.263 bits per heavy atom. The van der Waals surface area contributed by atoms with Gasteiger partial charge in [0.2, 0.25) is 11.8 Å².